The van der Waals surface area contributed by atoms with Crippen LogP contribution in [0.4, 0.5) is 8.78 Å². The maximum Gasteiger partial charge on any atom is 0.258 e. The van der Waals surface area contributed by atoms with Crippen LogP contribution in [0.15, 0.2) is 0 Å². The average molecular weight is 202 g/mol. The van der Waals surface area contributed by atoms with Crippen molar-refractivity contribution < 1.29 is 8.78 Å². The topological polar surface area (TPSA) is 15.3 Å². The van der Waals surface area contributed by atoms with E-state index in [4.69, 9.17) is 0 Å². The van der Waals surface area contributed by atoms with E-state index >= 15 is 0 Å². The molecule has 0 aromatic heterocycles. The van der Waals surface area contributed by atoms with E-state index in [1.807, 2.05) is 0 Å². The molecule has 2 atom stereocenters. The summed E-state index contributed by atoms with van der Waals surface area (Å²) in [5.41, 5.74) is 0. The highest BCUT2D eigenvalue weighted by atomic mass is 19.3. The molecule has 2 nitrogen and oxygen atoms in total. The number of hydrogen-bond donors (Lipinski definition) is 1. The predicted molar refractivity (Wildman–Crippen MR) is 49.4 cm³/mol. The molecule has 4 heteroatoms. The van der Waals surface area contributed by atoms with Crippen molar-refractivity contribution in [2.75, 3.05) is 26.2 Å². The van der Waals surface area contributed by atoms with E-state index in [1.54, 1.807) is 0 Å². The fraction of sp³-hybridized carbons (Fsp3) is 1.00. The van der Waals surface area contributed by atoms with Crippen LogP contribution < -0.4 is 5.32 Å². The van der Waals surface area contributed by atoms with Gasteiger partial charge in [0.25, 0.3) is 5.92 Å². The highest BCUT2D eigenvalue weighted by molar-refractivity contribution is 5.01. The van der Waals surface area contributed by atoms with Gasteiger partial charge in [0.05, 0.1) is 0 Å². The van der Waals surface area contributed by atoms with Crippen molar-refractivity contribution in [1.82, 2.24) is 10.2 Å². The molecule has 1 aliphatic carbocycles. The van der Waals surface area contributed by atoms with E-state index in [0.717, 1.165) is 0 Å². The minimum absolute atomic E-state index is 0.449. The molecule has 2 heterocycles. The van der Waals surface area contributed by atoms with E-state index < -0.39 is 17.8 Å². The molecule has 0 aromatic carbocycles. The highest BCUT2D eigenvalue weighted by Crippen LogP contribution is 2.42. The third-order valence-corrected chi connectivity index (χ3v) is 3.84. The molecule has 0 aromatic rings. The summed E-state index contributed by atoms with van der Waals surface area (Å²) in [7, 11) is 0. The molecule has 3 rings (SSSR count). The van der Waals surface area contributed by atoms with Gasteiger partial charge in [-0.2, -0.15) is 0 Å². The van der Waals surface area contributed by atoms with E-state index in [2.05, 4.69) is 10.2 Å². The Balaban J connectivity index is 1.78. The molecule has 0 amide bonds. The Hall–Kier alpha value is -0.220. The minimum Gasteiger partial charge on any atom is -0.316 e. The van der Waals surface area contributed by atoms with Crippen molar-refractivity contribution in [1.29, 1.82) is 0 Å². The summed E-state index contributed by atoms with van der Waals surface area (Å²) < 4.78 is 27.4. The summed E-state index contributed by atoms with van der Waals surface area (Å²) in [5.74, 6) is -3.32. The molecule has 2 saturated heterocycles. The largest absolute Gasteiger partial charge is 0.316 e. The maximum absolute atomic E-state index is 13.7. The van der Waals surface area contributed by atoms with Crippen molar-refractivity contribution in [3.63, 3.8) is 0 Å². The number of hydrogen-bond acceptors (Lipinski definition) is 2. The second kappa shape index (κ2) is 2.89. The number of piperidine rings is 2. The van der Waals surface area contributed by atoms with Gasteiger partial charge in [-0.25, -0.2) is 8.78 Å². The van der Waals surface area contributed by atoms with Crippen LogP contribution in [0.3, 0.4) is 0 Å². The number of rotatable bonds is 1. The van der Waals surface area contributed by atoms with Crippen LogP contribution in [0.5, 0.6) is 0 Å². The van der Waals surface area contributed by atoms with Crippen LogP contribution in [0.25, 0.3) is 0 Å². The number of nitrogens with one attached hydrogen (secondary N) is 1. The first kappa shape index (κ1) is 9.04. The van der Waals surface area contributed by atoms with Crippen molar-refractivity contribution in [3.05, 3.63) is 0 Å². The molecule has 14 heavy (non-hydrogen) atoms. The fourth-order valence-electron chi connectivity index (χ4n) is 2.79. The van der Waals surface area contributed by atoms with Crippen LogP contribution in [0, 0.1) is 11.8 Å². The normalized spacial score (nSPS) is 42.4. The first-order valence-electron chi connectivity index (χ1n) is 5.50. The van der Waals surface area contributed by atoms with Crippen LogP contribution in [0.1, 0.15) is 12.8 Å². The molecule has 0 spiro atoms. The Labute approximate surface area is 82.6 Å². The Bertz CT molecular complexity index is 224. The Kier molecular flexibility index (Phi) is 1.86. The molecule has 80 valence electrons. The molecule has 2 bridgehead atoms. The summed E-state index contributed by atoms with van der Waals surface area (Å²) in [6, 6.07) is 0.634. The molecular weight excluding hydrogens is 186 g/mol. The van der Waals surface area contributed by atoms with Crippen LogP contribution in [-0.4, -0.2) is 43.0 Å². The van der Waals surface area contributed by atoms with Crippen molar-refractivity contribution in [2.24, 2.45) is 11.8 Å². The second-order valence-electron chi connectivity index (χ2n) is 4.91. The van der Waals surface area contributed by atoms with Gasteiger partial charge in [0.2, 0.25) is 0 Å². The molecular formula is C10H16F2N2. The van der Waals surface area contributed by atoms with Gasteiger partial charge >= 0.3 is 0 Å². The van der Waals surface area contributed by atoms with Crippen molar-refractivity contribution >= 4 is 0 Å². The van der Waals surface area contributed by atoms with Gasteiger partial charge in [0.1, 0.15) is 0 Å². The zero-order valence-corrected chi connectivity index (χ0v) is 8.18. The second-order valence-corrected chi connectivity index (χ2v) is 4.91. The van der Waals surface area contributed by atoms with Gasteiger partial charge in [-0.05, 0) is 12.8 Å². The lowest BCUT2D eigenvalue weighted by Gasteiger charge is -2.47. The number of nitrogens with zero attached hydrogens (tertiary/aromatic N) is 1. The molecule has 2 aliphatic heterocycles. The summed E-state index contributed by atoms with van der Waals surface area (Å²) >= 11 is 0. The lowest BCUT2D eigenvalue weighted by molar-refractivity contribution is -0.164. The SMILES string of the molecule is FC1(F)C2CNCC1CN(C1CC1)C2. The standard InChI is InChI=1S/C10H16F2N2/c11-10(12)7-3-13-4-8(10)6-14(5-7)9-1-2-9/h7-9,13H,1-6H2. The van der Waals surface area contributed by atoms with Gasteiger partial charge in [-0.3, -0.25) is 4.90 Å². The van der Waals surface area contributed by atoms with Gasteiger partial charge < -0.3 is 5.32 Å². The molecule has 3 aliphatic rings. The minimum atomic E-state index is -2.42. The third-order valence-electron chi connectivity index (χ3n) is 3.84. The van der Waals surface area contributed by atoms with Gasteiger partial charge in [0, 0.05) is 44.1 Å². The zero-order valence-electron chi connectivity index (χ0n) is 8.18. The van der Waals surface area contributed by atoms with Crippen LogP contribution >= 0.6 is 0 Å². The first-order valence-corrected chi connectivity index (χ1v) is 5.50. The summed E-state index contributed by atoms with van der Waals surface area (Å²) in [4.78, 5) is 2.29. The first-order chi connectivity index (χ1) is 6.68. The van der Waals surface area contributed by atoms with E-state index in [-0.39, 0.29) is 0 Å². The number of alkyl halides is 2. The average Bonchev–Trinajstić information content (AvgIpc) is 2.84. The third kappa shape index (κ3) is 1.27. The summed E-state index contributed by atoms with van der Waals surface area (Å²) in [6.45, 7) is 2.18. The Morgan fingerprint density at radius 1 is 1.07 bits per heavy atom. The zero-order chi connectivity index (χ0) is 9.76. The van der Waals surface area contributed by atoms with Crippen LogP contribution in [-0.2, 0) is 0 Å². The fourth-order valence-corrected chi connectivity index (χ4v) is 2.79. The molecule has 3 fully saturated rings. The number of fused-ring (bicyclic) bond motifs is 2. The highest BCUT2D eigenvalue weighted by Gasteiger charge is 2.54. The van der Waals surface area contributed by atoms with Crippen molar-refractivity contribution in [3.8, 4) is 0 Å². The number of likely N-dealkylation sites (tertiary alicyclic amines) is 1. The lowest BCUT2D eigenvalue weighted by Crippen LogP contribution is -2.63. The van der Waals surface area contributed by atoms with E-state index in [0.29, 0.717) is 32.2 Å². The van der Waals surface area contributed by atoms with E-state index in [9.17, 15) is 8.78 Å². The van der Waals surface area contributed by atoms with E-state index in [1.165, 1.54) is 12.8 Å². The molecule has 2 unspecified atom stereocenters. The smallest absolute Gasteiger partial charge is 0.258 e. The lowest BCUT2D eigenvalue weighted by atomic mass is 9.81. The summed E-state index contributed by atoms with van der Waals surface area (Å²) in [5, 5.41) is 3.12. The Morgan fingerprint density at radius 3 is 2.14 bits per heavy atom. The molecule has 1 saturated carbocycles. The predicted octanol–water partition coefficient (Wildman–Crippen LogP) is 0.935. The Morgan fingerprint density at radius 2 is 1.64 bits per heavy atom. The summed E-state index contributed by atoms with van der Waals surface area (Å²) in [6.07, 6.45) is 2.44. The van der Waals surface area contributed by atoms with Gasteiger partial charge in [-0.15, -0.1) is 0 Å². The maximum atomic E-state index is 13.7. The monoisotopic (exact) mass is 202 g/mol. The van der Waals surface area contributed by atoms with Gasteiger partial charge in [-0.1, -0.05) is 0 Å². The molecule has 0 radical (unpaired) electrons. The number of halogens is 2. The quantitative estimate of drug-likeness (QED) is 0.680. The van der Waals surface area contributed by atoms with Crippen molar-refractivity contribution in [2.45, 2.75) is 24.8 Å². The van der Waals surface area contributed by atoms with Gasteiger partial charge in [0.15, 0.2) is 0 Å². The van der Waals surface area contributed by atoms with Crippen LogP contribution in [0.2, 0.25) is 0 Å². The molecule has 1 N–H and O–H groups in total.